The number of ketones is 1. The topological polar surface area (TPSA) is 114 Å². The second-order valence-electron chi connectivity index (χ2n) is 8.64. The Hall–Kier alpha value is -2.73. The molecule has 0 saturated carbocycles. The summed E-state index contributed by atoms with van der Waals surface area (Å²) in [6.07, 6.45) is 2.99. The summed E-state index contributed by atoms with van der Waals surface area (Å²) < 4.78 is 28.8. The molecule has 0 radical (unpaired) electrons. The molecule has 1 N–H and O–H groups in total. The van der Waals surface area contributed by atoms with E-state index in [1.54, 1.807) is 24.3 Å². The predicted octanol–water partition coefficient (Wildman–Crippen LogP) is 3.75. The minimum absolute atomic E-state index is 0.0874. The molecule has 3 aromatic rings. The molecule has 37 heavy (non-hydrogen) atoms. The predicted molar refractivity (Wildman–Crippen MR) is 143 cm³/mol. The highest BCUT2D eigenvalue weighted by atomic mass is 35.5. The van der Waals surface area contributed by atoms with E-state index in [-0.39, 0.29) is 22.3 Å². The summed E-state index contributed by atoms with van der Waals surface area (Å²) >= 11 is 7.32. The Morgan fingerprint density at radius 3 is 2.35 bits per heavy atom. The van der Waals surface area contributed by atoms with Gasteiger partial charge in [0.15, 0.2) is 10.9 Å². The van der Waals surface area contributed by atoms with Gasteiger partial charge in [-0.3, -0.25) is 14.2 Å². The maximum Gasteiger partial charge on any atom is 0.243 e. The van der Waals surface area contributed by atoms with E-state index in [9.17, 15) is 18.0 Å². The summed E-state index contributed by atoms with van der Waals surface area (Å²) in [5.74, 6) is 0.582. The zero-order valence-corrected chi connectivity index (χ0v) is 22.8. The van der Waals surface area contributed by atoms with Gasteiger partial charge < -0.3 is 5.32 Å². The standard InChI is InChI=1S/C25H28ClN5O4S2/c1-18(32)27-14-4-5-24-28-29-25(31(24)21-10-8-20(26)9-11-21)36-17-23(33)19-6-12-22(13-7-19)37(34,35)30-15-2-3-16-30/h6-13H,2-5,14-17H2,1H3,(H,27,32). The number of hydrogen-bond acceptors (Lipinski definition) is 7. The number of sulfonamides is 1. The summed E-state index contributed by atoms with van der Waals surface area (Å²) in [5.41, 5.74) is 1.25. The number of carbonyl (C=O) groups excluding carboxylic acids is 2. The van der Waals surface area contributed by atoms with Crippen LogP contribution in [0.25, 0.3) is 5.69 Å². The third kappa shape index (κ3) is 6.78. The Morgan fingerprint density at radius 2 is 1.70 bits per heavy atom. The molecule has 196 valence electrons. The van der Waals surface area contributed by atoms with Crippen LogP contribution in [0.1, 0.15) is 42.4 Å². The lowest BCUT2D eigenvalue weighted by Crippen LogP contribution is -2.27. The first kappa shape index (κ1) is 27.3. The number of aryl methyl sites for hydroxylation is 1. The smallest absolute Gasteiger partial charge is 0.243 e. The van der Waals surface area contributed by atoms with Crippen LogP contribution in [-0.2, 0) is 21.2 Å². The largest absolute Gasteiger partial charge is 0.356 e. The van der Waals surface area contributed by atoms with E-state index in [1.807, 2.05) is 16.7 Å². The molecule has 0 unspecified atom stereocenters. The van der Waals surface area contributed by atoms with E-state index in [2.05, 4.69) is 15.5 Å². The number of hydrogen-bond donors (Lipinski definition) is 1. The van der Waals surface area contributed by atoms with Gasteiger partial charge >= 0.3 is 0 Å². The summed E-state index contributed by atoms with van der Waals surface area (Å²) in [7, 11) is -3.52. The first-order valence-corrected chi connectivity index (χ1v) is 14.8. The number of rotatable bonds is 11. The molecular weight excluding hydrogens is 534 g/mol. The molecule has 1 saturated heterocycles. The van der Waals surface area contributed by atoms with Crippen LogP contribution in [-0.4, -0.2) is 64.6 Å². The zero-order valence-electron chi connectivity index (χ0n) is 20.4. The number of carbonyl (C=O) groups is 2. The fourth-order valence-corrected chi connectivity index (χ4v) is 6.53. The average molecular weight is 562 g/mol. The summed E-state index contributed by atoms with van der Waals surface area (Å²) in [4.78, 5) is 24.3. The molecule has 0 atom stereocenters. The van der Waals surface area contributed by atoms with Crippen LogP contribution in [0.2, 0.25) is 5.02 Å². The van der Waals surface area contributed by atoms with Gasteiger partial charge in [0.25, 0.3) is 0 Å². The van der Waals surface area contributed by atoms with Crippen molar-refractivity contribution >= 4 is 45.1 Å². The quantitative estimate of drug-likeness (QED) is 0.215. The molecule has 1 aliphatic rings. The van der Waals surface area contributed by atoms with Crippen molar-refractivity contribution in [1.82, 2.24) is 24.4 Å². The number of Topliss-reactive ketones (excluding diaryl/α,β-unsaturated/α-hetero) is 1. The molecule has 1 amide bonds. The number of nitrogens with zero attached hydrogens (tertiary/aromatic N) is 4. The Kier molecular flexibility index (Phi) is 9.01. The Morgan fingerprint density at radius 1 is 1.03 bits per heavy atom. The van der Waals surface area contributed by atoms with Gasteiger partial charge in [-0.2, -0.15) is 4.31 Å². The van der Waals surface area contributed by atoms with Gasteiger partial charge in [0, 0.05) is 49.3 Å². The molecule has 1 fully saturated rings. The first-order chi connectivity index (χ1) is 17.8. The number of thioether (sulfide) groups is 1. The van der Waals surface area contributed by atoms with Crippen molar-refractivity contribution in [3.05, 3.63) is 64.9 Å². The van der Waals surface area contributed by atoms with Crippen molar-refractivity contribution in [3.63, 3.8) is 0 Å². The van der Waals surface area contributed by atoms with Gasteiger partial charge in [0.1, 0.15) is 5.82 Å². The molecule has 2 aromatic carbocycles. The van der Waals surface area contributed by atoms with E-state index < -0.39 is 10.0 Å². The highest BCUT2D eigenvalue weighted by Crippen LogP contribution is 2.26. The van der Waals surface area contributed by atoms with E-state index in [0.29, 0.717) is 54.0 Å². The highest BCUT2D eigenvalue weighted by molar-refractivity contribution is 7.99. The van der Waals surface area contributed by atoms with Gasteiger partial charge in [-0.25, -0.2) is 8.42 Å². The van der Waals surface area contributed by atoms with Crippen LogP contribution in [0.15, 0.2) is 58.6 Å². The molecule has 0 bridgehead atoms. The Bertz CT molecular complexity index is 1350. The fraction of sp³-hybridized carbons (Fsp3) is 0.360. The third-order valence-electron chi connectivity index (χ3n) is 5.95. The maximum absolute atomic E-state index is 12.9. The van der Waals surface area contributed by atoms with Crippen molar-refractivity contribution in [2.45, 2.75) is 42.7 Å². The van der Waals surface area contributed by atoms with E-state index in [4.69, 9.17) is 11.6 Å². The second kappa shape index (κ2) is 12.2. The van der Waals surface area contributed by atoms with E-state index in [0.717, 1.165) is 18.5 Å². The minimum Gasteiger partial charge on any atom is -0.356 e. The van der Waals surface area contributed by atoms with Gasteiger partial charge in [0.2, 0.25) is 15.9 Å². The van der Waals surface area contributed by atoms with Crippen LogP contribution in [0.3, 0.4) is 0 Å². The van der Waals surface area contributed by atoms with E-state index >= 15 is 0 Å². The van der Waals surface area contributed by atoms with Crippen LogP contribution >= 0.6 is 23.4 Å². The summed E-state index contributed by atoms with van der Waals surface area (Å²) in [6.45, 7) is 3.06. The lowest BCUT2D eigenvalue weighted by molar-refractivity contribution is -0.118. The van der Waals surface area contributed by atoms with Crippen molar-refractivity contribution in [3.8, 4) is 5.69 Å². The molecule has 9 nitrogen and oxygen atoms in total. The van der Waals surface area contributed by atoms with Crippen LogP contribution in [0.5, 0.6) is 0 Å². The zero-order chi connectivity index (χ0) is 26.4. The number of halogens is 1. The average Bonchev–Trinajstić information content (AvgIpc) is 3.57. The van der Waals surface area contributed by atoms with Gasteiger partial charge in [-0.05, 0) is 55.7 Å². The normalized spacial score (nSPS) is 14.1. The third-order valence-corrected chi connectivity index (χ3v) is 9.04. The van der Waals surface area contributed by atoms with Crippen molar-refractivity contribution in [2.75, 3.05) is 25.4 Å². The molecular formula is C25H28ClN5O4S2. The van der Waals surface area contributed by atoms with Crippen molar-refractivity contribution < 1.29 is 18.0 Å². The Labute approximate surface area is 225 Å². The summed E-state index contributed by atoms with van der Waals surface area (Å²) in [6, 6.07) is 13.4. The second-order valence-corrected chi connectivity index (χ2v) is 12.0. The van der Waals surface area contributed by atoms with Crippen molar-refractivity contribution in [2.24, 2.45) is 0 Å². The molecule has 1 aliphatic heterocycles. The monoisotopic (exact) mass is 561 g/mol. The number of aromatic nitrogens is 3. The van der Waals surface area contributed by atoms with Crippen LogP contribution < -0.4 is 5.32 Å². The molecule has 2 heterocycles. The van der Waals surface area contributed by atoms with E-state index in [1.165, 1.54) is 35.1 Å². The van der Waals surface area contributed by atoms with Crippen LogP contribution in [0, 0.1) is 0 Å². The van der Waals surface area contributed by atoms with Gasteiger partial charge in [0.05, 0.1) is 10.6 Å². The number of nitrogens with one attached hydrogen (secondary N) is 1. The van der Waals surface area contributed by atoms with Gasteiger partial charge in [-0.15, -0.1) is 10.2 Å². The molecule has 1 aromatic heterocycles. The molecule has 0 spiro atoms. The maximum atomic E-state index is 12.9. The lowest BCUT2D eigenvalue weighted by Gasteiger charge is -2.15. The Balaban J connectivity index is 1.46. The number of benzene rings is 2. The highest BCUT2D eigenvalue weighted by Gasteiger charge is 2.27. The molecule has 12 heteroatoms. The SMILES string of the molecule is CC(=O)NCCCc1nnc(SCC(=O)c2ccc(S(=O)(=O)N3CCCC3)cc2)n1-c1ccc(Cl)cc1. The van der Waals surface area contributed by atoms with Crippen molar-refractivity contribution in [1.29, 1.82) is 0 Å². The first-order valence-electron chi connectivity index (χ1n) is 12.0. The van der Waals surface area contributed by atoms with Gasteiger partial charge in [-0.1, -0.05) is 35.5 Å². The number of amides is 1. The summed E-state index contributed by atoms with van der Waals surface area (Å²) in [5, 5.41) is 12.6. The lowest BCUT2D eigenvalue weighted by atomic mass is 10.1. The minimum atomic E-state index is -3.52. The molecule has 4 rings (SSSR count). The fourth-order valence-electron chi connectivity index (χ4n) is 4.02. The molecule has 0 aliphatic carbocycles. The van der Waals surface area contributed by atoms with Crippen LogP contribution in [0.4, 0.5) is 0 Å².